The van der Waals surface area contributed by atoms with Gasteiger partial charge in [-0.1, -0.05) is 36.4 Å². The molecule has 2 amide bonds. The van der Waals surface area contributed by atoms with Gasteiger partial charge in [0, 0.05) is 30.4 Å². The first-order valence-corrected chi connectivity index (χ1v) is 11.3. The van der Waals surface area contributed by atoms with Crippen molar-refractivity contribution in [3.63, 3.8) is 0 Å². The van der Waals surface area contributed by atoms with E-state index in [9.17, 15) is 9.59 Å². The lowest BCUT2D eigenvalue weighted by atomic mass is 9.74. The van der Waals surface area contributed by atoms with Crippen molar-refractivity contribution in [2.24, 2.45) is 11.3 Å². The van der Waals surface area contributed by atoms with E-state index in [0.29, 0.717) is 19.5 Å². The van der Waals surface area contributed by atoms with Gasteiger partial charge in [0.05, 0.1) is 5.41 Å². The number of hydrogen-bond acceptors (Lipinski definition) is 3. The maximum Gasteiger partial charge on any atom is 0.228 e. The average Bonchev–Trinajstić information content (AvgIpc) is 3.46. The Morgan fingerprint density at radius 1 is 1.24 bits per heavy atom. The zero-order valence-corrected chi connectivity index (χ0v) is 17.5. The first kappa shape index (κ1) is 19.9. The van der Waals surface area contributed by atoms with Crippen LogP contribution in [0.15, 0.2) is 54.4 Å². The highest BCUT2D eigenvalue weighted by molar-refractivity contribution is 7.13. The Kier molecular flexibility index (Phi) is 5.86. The highest BCUT2D eigenvalue weighted by Crippen LogP contribution is 2.38. The third kappa shape index (κ3) is 4.45. The van der Waals surface area contributed by atoms with Gasteiger partial charge in [0.25, 0.3) is 0 Å². The molecule has 0 radical (unpaired) electrons. The summed E-state index contributed by atoms with van der Waals surface area (Å²) in [5.74, 6) is 0.457. The first-order chi connectivity index (χ1) is 14.1. The van der Waals surface area contributed by atoms with Gasteiger partial charge in [-0.15, -0.1) is 17.9 Å². The van der Waals surface area contributed by atoms with Crippen molar-refractivity contribution in [3.05, 3.63) is 60.0 Å². The number of carbonyl (C=O) groups is 2. The summed E-state index contributed by atoms with van der Waals surface area (Å²) in [4.78, 5) is 29.1. The molecule has 1 aromatic heterocycles. The average molecular weight is 409 g/mol. The molecule has 152 valence electrons. The Morgan fingerprint density at radius 2 is 2.03 bits per heavy atom. The van der Waals surface area contributed by atoms with Gasteiger partial charge >= 0.3 is 0 Å². The van der Waals surface area contributed by atoms with Crippen LogP contribution in [0.3, 0.4) is 0 Å². The first-order valence-electron chi connectivity index (χ1n) is 10.4. The van der Waals surface area contributed by atoms with Crippen LogP contribution in [-0.4, -0.2) is 36.3 Å². The molecular weight excluding hydrogens is 380 g/mol. The van der Waals surface area contributed by atoms with Gasteiger partial charge in [-0.3, -0.25) is 9.59 Å². The molecule has 1 N–H and O–H groups in total. The fourth-order valence-electron chi connectivity index (χ4n) is 4.29. The number of nitrogens with zero attached hydrogens (tertiary/aromatic N) is 1. The summed E-state index contributed by atoms with van der Waals surface area (Å²) in [6, 6.07) is 12.7. The Morgan fingerprint density at radius 3 is 2.69 bits per heavy atom. The van der Waals surface area contributed by atoms with Gasteiger partial charge in [-0.25, -0.2) is 0 Å². The molecule has 0 unspecified atom stereocenters. The number of carbonyl (C=O) groups excluding carboxylic acids is 2. The summed E-state index contributed by atoms with van der Waals surface area (Å²) in [7, 11) is 0. The molecule has 4 rings (SSSR count). The van der Waals surface area contributed by atoms with Crippen LogP contribution >= 0.6 is 11.3 Å². The van der Waals surface area contributed by atoms with Crippen LogP contribution in [0.4, 0.5) is 0 Å². The molecule has 0 bridgehead atoms. The number of thiophene rings is 1. The second-order valence-corrected chi connectivity index (χ2v) is 9.22. The second kappa shape index (κ2) is 8.54. The minimum Gasteiger partial charge on any atom is -0.352 e. The van der Waals surface area contributed by atoms with Crippen molar-refractivity contribution >= 4 is 23.2 Å². The van der Waals surface area contributed by atoms with Crippen LogP contribution in [0.25, 0.3) is 10.4 Å². The molecular formula is C24H28N2O2S. The van der Waals surface area contributed by atoms with Crippen molar-refractivity contribution in [1.29, 1.82) is 0 Å². The number of likely N-dealkylation sites (tertiary alicyclic amines) is 1. The Bertz CT molecular complexity index is 871. The fraction of sp³-hybridized carbons (Fsp3) is 0.417. The van der Waals surface area contributed by atoms with Gasteiger partial charge in [0.1, 0.15) is 0 Å². The lowest BCUT2D eigenvalue weighted by molar-refractivity contribution is -0.142. The molecule has 0 spiro atoms. The third-order valence-corrected chi connectivity index (χ3v) is 6.92. The summed E-state index contributed by atoms with van der Waals surface area (Å²) >= 11 is 1.73. The molecule has 1 aliphatic heterocycles. The summed E-state index contributed by atoms with van der Waals surface area (Å²) in [6.07, 6.45) is 6.02. The van der Waals surface area contributed by atoms with Crippen molar-refractivity contribution in [2.75, 3.05) is 19.6 Å². The summed E-state index contributed by atoms with van der Waals surface area (Å²) < 4.78 is 0. The quantitative estimate of drug-likeness (QED) is 0.695. The maximum absolute atomic E-state index is 13.2. The van der Waals surface area contributed by atoms with Crippen LogP contribution < -0.4 is 5.32 Å². The summed E-state index contributed by atoms with van der Waals surface area (Å²) in [5, 5.41) is 5.09. The van der Waals surface area contributed by atoms with E-state index in [4.69, 9.17) is 0 Å². The topological polar surface area (TPSA) is 49.4 Å². The number of hydrogen-bond donors (Lipinski definition) is 1. The highest BCUT2D eigenvalue weighted by atomic mass is 32.1. The van der Waals surface area contributed by atoms with E-state index in [1.165, 1.54) is 10.4 Å². The molecule has 1 saturated carbocycles. The molecule has 5 heteroatoms. The van der Waals surface area contributed by atoms with Gasteiger partial charge < -0.3 is 10.2 Å². The standard InChI is InChI=1S/C24H28N2O2S/c1-2-13-25-23(28)24(12-4-14-26(17-24)22(27)20-10-11-20)16-18-6-8-19(9-7-18)21-5-3-15-29-21/h2-3,5-9,15,20H,1,4,10-14,16-17H2,(H,25,28)/t24-/m0/s1. The molecule has 1 saturated heterocycles. The zero-order valence-electron chi connectivity index (χ0n) is 16.7. The lowest BCUT2D eigenvalue weighted by Crippen LogP contribution is -2.54. The van der Waals surface area contributed by atoms with Crippen LogP contribution in [0.2, 0.25) is 0 Å². The van der Waals surface area contributed by atoms with Crippen LogP contribution in [0, 0.1) is 11.3 Å². The predicted octanol–water partition coefficient (Wildman–Crippen LogP) is 4.28. The van der Waals surface area contributed by atoms with Crippen LogP contribution in [0.1, 0.15) is 31.2 Å². The van der Waals surface area contributed by atoms with Crippen LogP contribution in [-0.2, 0) is 16.0 Å². The Labute approximate surface area is 176 Å². The van der Waals surface area contributed by atoms with E-state index < -0.39 is 5.41 Å². The van der Waals surface area contributed by atoms with Gasteiger partial charge in [-0.2, -0.15) is 0 Å². The molecule has 1 atom stereocenters. The lowest BCUT2D eigenvalue weighted by Gasteiger charge is -2.42. The Balaban J connectivity index is 1.55. The minimum absolute atomic E-state index is 0.0352. The number of nitrogens with one attached hydrogen (secondary N) is 1. The molecule has 1 aromatic carbocycles. The van der Waals surface area contributed by atoms with Crippen molar-refractivity contribution in [1.82, 2.24) is 10.2 Å². The van der Waals surface area contributed by atoms with Crippen molar-refractivity contribution in [3.8, 4) is 10.4 Å². The smallest absolute Gasteiger partial charge is 0.228 e. The van der Waals surface area contributed by atoms with E-state index in [0.717, 1.165) is 37.8 Å². The van der Waals surface area contributed by atoms with E-state index in [2.05, 4.69) is 53.7 Å². The predicted molar refractivity (Wildman–Crippen MR) is 118 cm³/mol. The highest BCUT2D eigenvalue weighted by Gasteiger charge is 2.45. The number of benzene rings is 1. The number of rotatable bonds is 7. The SMILES string of the molecule is C=CCNC(=O)[C@]1(Cc2ccc(-c3cccs3)cc2)CCCN(C(=O)C2CC2)C1. The summed E-state index contributed by atoms with van der Waals surface area (Å²) in [5.41, 5.74) is 1.76. The maximum atomic E-state index is 13.2. The molecule has 4 nitrogen and oxygen atoms in total. The molecule has 2 heterocycles. The largest absolute Gasteiger partial charge is 0.352 e. The van der Waals surface area contributed by atoms with Crippen molar-refractivity contribution in [2.45, 2.75) is 32.1 Å². The van der Waals surface area contributed by atoms with E-state index in [-0.39, 0.29) is 17.7 Å². The van der Waals surface area contributed by atoms with E-state index >= 15 is 0 Å². The van der Waals surface area contributed by atoms with Gasteiger partial charge in [-0.05, 0) is 54.7 Å². The summed E-state index contributed by atoms with van der Waals surface area (Å²) in [6.45, 7) is 5.45. The molecule has 2 aliphatic rings. The van der Waals surface area contributed by atoms with Crippen molar-refractivity contribution < 1.29 is 9.59 Å². The van der Waals surface area contributed by atoms with Crippen LogP contribution in [0.5, 0.6) is 0 Å². The number of amides is 2. The molecule has 2 aromatic rings. The molecule has 1 aliphatic carbocycles. The third-order valence-electron chi connectivity index (χ3n) is 6.01. The van der Waals surface area contributed by atoms with Gasteiger partial charge in [0.15, 0.2) is 0 Å². The normalized spacial score (nSPS) is 21.6. The molecule has 29 heavy (non-hydrogen) atoms. The second-order valence-electron chi connectivity index (χ2n) is 8.27. The molecule has 2 fully saturated rings. The zero-order chi connectivity index (χ0) is 20.3. The number of piperidine rings is 1. The minimum atomic E-state index is -0.573. The van der Waals surface area contributed by atoms with E-state index in [1.807, 2.05) is 4.90 Å². The Hall–Kier alpha value is -2.40. The van der Waals surface area contributed by atoms with Gasteiger partial charge in [0.2, 0.25) is 11.8 Å². The van der Waals surface area contributed by atoms with E-state index in [1.54, 1.807) is 17.4 Å². The monoisotopic (exact) mass is 408 g/mol. The fourth-order valence-corrected chi connectivity index (χ4v) is 5.02.